The second-order valence-corrected chi connectivity index (χ2v) is 14.7. The number of aliphatic hydroxyl groups excluding tert-OH is 1. The Morgan fingerprint density at radius 3 is 1.33 bits per heavy atom. The summed E-state index contributed by atoms with van der Waals surface area (Å²) in [5, 5.41) is 10.1. The van der Waals surface area contributed by atoms with E-state index in [0.29, 0.717) is 51.9 Å². The van der Waals surface area contributed by atoms with Crippen LogP contribution in [0.15, 0.2) is 121 Å². The fourth-order valence-corrected chi connectivity index (χ4v) is 7.00. The lowest BCUT2D eigenvalue weighted by molar-refractivity contribution is 0.0720. The second-order valence-electron chi connectivity index (χ2n) is 14.7. The number of benzene rings is 6. The van der Waals surface area contributed by atoms with Crippen LogP contribution in [-0.2, 0) is 4.74 Å². The number of hydrogen-bond donors (Lipinski definition) is 1. The number of rotatable bonds is 15. The van der Waals surface area contributed by atoms with Gasteiger partial charge in [0.05, 0.1) is 41.2 Å². The van der Waals surface area contributed by atoms with Crippen LogP contribution >= 0.6 is 0 Å². The molecule has 2 atom stereocenters. The van der Waals surface area contributed by atoms with Gasteiger partial charge < -0.3 is 48.1 Å². The van der Waals surface area contributed by atoms with E-state index in [1.54, 1.807) is 69.6 Å². The number of amides is 2. The molecule has 1 aliphatic rings. The van der Waals surface area contributed by atoms with Crippen molar-refractivity contribution in [2.24, 2.45) is 0 Å². The molecular weight excluding hydrogens is 821 g/mol. The lowest BCUT2D eigenvalue weighted by Gasteiger charge is -2.19. The minimum Gasteiger partial charge on any atom is -0.496 e. The van der Waals surface area contributed by atoms with E-state index < -0.39 is 18.0 Å². The van der Waals surface area contributed by atoms with E-state index in [1.165, 1.54) is 62.5 Å². The zero-order valence-electron chi connectivity index (χ0n) is 36.2. The van der Waals surface area contributed by atoms with Gasteiger partial charge in [-0.3, -0.25) is 9.59 Å². The highest BCUT2D eigenvalue weighted by Gasteiger charge is 2.31. The molecule has 2 amide bonds. The number of carbonyl (C=O) groups is 4. The Morgan fingerprint density at radius 1 is 0.562 bits per heavy atom. The first kappa shape index (κ1) is 44.4. The predicted octanol–water partition coefficient (Wildman–Crippen LogP) is 8.50. The van der Waals surface area contributed by atoms with Gasteiger partial charge in [0.2, 0.25) is 0 Å². The van der Waals surface area contributed by atoms with Gasteiger partial charge in [0.15, 0.2) is 0 Å². The molecule has 64 heavy (non-hydrogen) atoms. The van der Waals surface area contributed by atoms with Crippen molar-refractivity contribution in [3.63, 3.8) is 0 Å². The van der Waals surface area contributed by atoms with Crippen molar-refractivity contribution >= 4 is 35.1 Å². The van der Waals surface area contributed by atoms with Crippen molar-refractivity contribution in [2.75, 3.05) is 58.9 Å². The van der Waals surface area contributed by atoms with Gasteiger partial charge in [-0.25, -0.2) is 9.59 Å². The van der Waals surface area contributed by atoms with Gasteiger partial charge in [0.1, 0.15) is 51.7 Å². The molecule has 7 rings (SSSR count). The van der Waals surface area contributed by atoms with E-state index in [-0.39, 0.29) is 46.3 Å². The number of carbonyl (C=O) groups excluding carboxylic acids is 4. The molecule has 0 saturated carbocycles. The van der Waals surface area contributed by atoms with E-state index in [4.69, 9.17) is 33.2 Å². The zero-order chi connectivity index (χ0) is 45.7. The number of hydrogen-bond acceptors (Lipinski definition) is 12. The molecule has 0 radical (unpaired) electrons. The van der Waals surface area contributed by atoms with Crippen molar-refractivity contribution in [3.05, 3.63) is 155 Å². The van der Waals surface area contributed by atoms with Crippen molar-refractivity contribution in [3.8, 4) is 45.6 Å². The third-order valence-corrected chi connectivity index (χ3v) is 10.7. The number of esters is 2. The van der Waals surface area contributed by atoms with Gasteiger partial charge in [0.25, 0.3) is 11.8 Å². The lowest BCUT2D eigenvalue weighted by Crippen LogP contribution is -2.26. The Labute approximate surface area is 370 Å². The summed E-state index contributed by atoms with van der Waals surface area (Å²) in [6.07, 6.45) is -0.948. The zero-order valence-corrected chi connectivity index (χ0v) is 36.2. The summed E-state index contributed by atoms with van der Waals surface area (Å²) < 4.78 is 38.2. The fraction of sp³-hybridized carbons (Fsp3) is 0.200. The largest absolute Gasteiger partial charge is 0.496 e. The maximum Gasteiger partial charge on any atom is 0.347 e. The quantitative estimate of drug-likeness (QED) is 0.0596. The van der Waals surface area contributed by atoms with E-state index >= 15 is 0 Å². The van der Waals surface area contributed by atoms with Crippen LogP contribution in [0.25, 0.3) is 11.1 Å². The van der Waals surface area contributed by atoms with Gasteiger partial charge >= 0.3 is 11.9 Å². The number of methoxy groups -OCH3 is 4. The normalized spacial score (nSPS) is 13.2. The molecule has 14 nitrogen and oxygen atoms in total. The number of ether oxygens (including phenoxy) is 7. The van der Waals surface area contributed by atoms with Crippen LogP contribution in [0.3, 0.4) is 0 Å². The first-order valence-electron chi connectivity index (χ1n) is 20.1. The number of epoxide rings is 1. The van der Waals surface area contributed by atoms with Crippen LogP contribution in [0.4, 0.5) is 11.4 Å². The van der Waals surface area contributed by atoms with Crippen LogP contribution in [0.2, 0.25) is 0 Å². The lowest BCUT2D eigenvalue weighted by atomic mass is 10.0. The van der Waals surface area contributed by atoms with E-state index in [0.717, 1.165) is 16.7 Å². The first-order valence-corrected chi connectivity index (χ1v) is 20.1. The minimum absolute atomic E-state index is 0.100. The Bertz CT molecular complexity index is 2500. The van der Waals surface area contributed by atoms with Crippen LogP contribution in [0.5, 0.6) is 34.5 Å². The molecule has 1 heterocycles. The topological polar surface area (TPSA) is 163 Å². The van der Waals surface area contributed by atoms with Crippen molar-refractivity contribution < 1.29 is 57.4 Å². The average Bonchev–Trinajstić information content (AvgIpc) is 4.18. The van der Waals surface area contributed by atoms with E-state index in [1.807, 2.05) is 48.5 Å². The molecule has 0 bridgehead atoms. The average molecular weight is 867 g/mol. The Balaban J connectivity index is 0.941. The van der Waals surface area contributed by atoms with Crippen LogP contribution in [0, 0.1) is 0 Å². The number of nitrogens with zero attached hydrogens (tertiary/aromatic N) is 2. The SMILES string of the molecule is COc1cc(C(C)O)c(OC)cc1C(=O)Oc1ccc(C(=O)N(C)c2ccc(-c3ccc(N(C)C(=O)c4ccc(OC(=O)c5cc(OC)c(C6CO6)cc5OC)cc4)cc3)cc2)cc1. The highest BCUT2D eigenvalue weighted by atomic mass is 16.6. The molecule has 1 N–H and O–H groups in total. The van der Waals surface area contributed by atoms with Gasteiger partial charge in [-0.1, -0.05) is 24.3 Å². The highest BCUT2D eigenvalue weighted by molar-refractivity contribution is 6.07. The number of aliphatic hydroxyl groups is 1. The first-order chi connectivity index (χ1) is 30.8. The van der Waals surface area contributed by atoms with Gasteiger partial charge in [0, 0.05) is 47.7 Å². The van der Waals surface area contributed by atoms with E-state index in [9.17, 15) is 24.3 Å². The molecule has 14 heteroatoms. The molecule has 1 saturated heterocycles. The summed E-state index contributed by atoms with van der Waals surface area (Å²) >= 11 is 0. The second kappa shape index (κ2) is 19.2. The maximum absolute atomic E-state index is 13.5. The third-order valence-electron chi connectivity index (χ3n) is 10.7. The Morgan fingerprint density at radius 2 is 0.953 bits per heavy atom. The summed E-state index contributed by atoms with van der Waals surface area (Å²) in [4.78, 5) is 56.2. The van der Waals surface area contributed by atoms with Crippen molar-refractivity contribution in [2.45, 2.75) is 19.1 Å². The predicted molar refractivity (Wildman–Crippen MR) is 239 cm³/mol. The minimum atomic E-state index is -0.848. The summed E-state index contributed by atoms with van der Waals surface area (Å²) in [5.41, 5.74) is 5.46. The summed E-state index contributed by atoms with van der Waals surface area (Å²) in [6, 6.07) is 33.8. The molecule has 0 aliphatic carbocycles. The maximum atomic E-state index is 13.5. The summed E-state index contributed by atoms with van der Waals surface area (Å²) in [5.74, 6) is -0.0468. The van der Waals surface area contributed by atoms with E-state index in [2.05, 4.69) is 0 Å². The molecule has 1 aliphatic heterocycles. The fourth-order valence-electron chi connectivity index (χ4n) is 7.00. The van der Waals surface area contributed by atoms with Crippen molar-refractivity contribution in [1.82, 2.24) is 0 Å². The summed E-state index contributed by atoms with van der Waals surface area (Å²) in [6.45, 7) is 2.15. The Hall–Kier alpha value is -7.68. The van der Waals surface area contributed by atoms with Crippen LogP contribution in [0.1, 0.15) is 71.7 Å². The van der Waals surface area contributed by atoms with Crippen molar-refractivity contribution in [1.29, 1.82) is 0 Å². The molecule has 0 aromatic heterocycles. The Kier molecular flexibility index (Phi) is 13.3. The monoisotopic (exact) mass is 866 g/mol. The van der Waals surface area contributed by atoms with Gasteiger partial charge in [-0.15, -0.1) is 0 Å². The molecular formula is C50H46N2O12. The van der Waals surface area contributed by atoms with Crippen LogP contribution < -0.4 is 38.2 Å². The molecule has 6 aromatic carbocycles. The van der Waals surface area contributed by atoms with Gasteiger partial charge in [-0.2, -0.15) is 0 Å². The molecule has 6 aromatic rings. The molecule has 0 spiro atoms. The third kappa shape index (κ3) is 9.53. The smallest absolute Gasteiger partial charge is 0.347 e. The molecule has 2 unspecified atom stereocenters. The number of anilines is 2. The highest BCUT2D eigenvalue weighted by Crippen LogP contribution is 2.40. The van der Waals surface area contributed by atoms with Crippen LogP contribution in [-0.4, -0.2) is 78.0 Å². The summed E-state index contributed by atoms with van der Waals surface area (Å²) in [7, 11) is 9.18. The molecule has 1 fully saturated rings. The van der Waals surface area contributed by atoms with Gasteiger partial charge in [-0.05, 0) is 115 Å². The molecule has 328 valence electrons. The standard InChI is InChI=1S/C50H46N2O12/c1-29(53)38-24-44(60-6)40(26-42(38)58-4)49(56)63-36-20-12-32(13-21-36)47(54)51(2)34-16-8-30(9-17-34)31-10-18-35(19-11-31)52(3)48(55)33-14-22-37(23-15-33)64-50(57)41-27-43(59-5)39(46-28-62-46)25-45(41)61-7/h8-27,29,46,53H,28H2,1-7H3.